The molecule has 2 heterocycles. The Morgan fingerprint density at radius 2 is 2.00 bits per heavy atom. The van der Waals surface area contributed by atoms with E-state index >= 15 is 0 Å². The summed E-state index contributed by atoms with van der Waals surface area (Å²) in [5, 5.41) is 4.76. The van der Waals surface area contributed by atoms with E-state index in [4.69, 9.17) is 23.2 Å². The Hall–Kier alpha value is -1.78. The van der Waals surface area contributed by atoms with E-state index in [0.717, 1.165) is 22.3 Å². The van der Waals surface area contributed by atoms with Crippen molar-refractivity contribution in [2.24, 2.45) is 0 Å². The van der Waals surface area contributed by atoms with Crippen molar-refractivity contribution in [1.29, 1.82) is 0 Å². The molecule has 0 aliphatic carbocycles. The molecular weight excluding hydrogens is 283 g/mol. The molecule has 0 radical (unpaired) electrons. The van der Waals surface area contributed by atoms with Gasteiger partial charge in [0, 0.05) is 16.6 Å². The summed E-state index contributed by atoms with van der Waals surface area (Å²) in [5.74, 6) is 0. The zero-order valence-electron chi connectivity index (χ0n) is 10.0. The van der Waals surface area contributed by atoms with Gasteiger partial charge in [0.2, 0.25) is 5.28 Å². The summed E-state index contributed by atoms with van der Waals surface area (Å²) in [4.78, 5) is 11.1. The molecule has 0 amide bonds. The van der Waals surface area contributed by atoms with Crippen LogP contribution in [0, 0.1) is 6.92 Å². The minimum atomic E-state index is 0.131. The summed E-state index contributed by atoms with van der Waals surface area (Å²) in [6.07, 6.45) is 1.57. The van der Waals surface area contributed by atoms with E-state index < -0.39 is 0 Å². The van der Waals surface area contributed by atoms with Crippen LogP contribution in [0.2, 0.25) is 10.4 Å². The van der Waals surface area contributed by atoms with Gasteiger partial charge in [-0.15, -0.1) is 0 Å². The van der Waals surface area contributed by atoms with Gasteiger partial charge >= 0.3 is 0 Å². The number of rotatable bonds is 2. The second-order valence-corrected chi connectivity index (χ2v) is 4.84. The van der Waals surface area contributed by atoms with E-state index in [1.165, 1.54) is 0 Å². The van der Waals surface area contributed by atoms with Crippen molar-refractivity contribution >= 4 is 45.5 Å². The number of para-hydroxylation sites is 1. The lowest BCUT2D eigenvalue weighted by Gasteiger charge is -2.07. The Morgan fingerprint density at radius 1 is 1.21 bits per heavy atom. The van der Waals surface area contributed by atoms with Crippen LogP contribution in [0.15, 0.2) is 30.5 Å². The van der Waals surface area contributed by atoms with Crippen molar-refractivity contribution in [2.75, 3.05) is 5.32 Å². The van der Waals surface area contributed by atoms with Crippen molar-refractivity contribution < 1.29 is 0 Å². The van der Waals surface area contributed by atoms with Crippen LogP contribution in [0.3, 0.4) is 0 Å². The van der Waals surface area contributed by atoms with Gasteiger partial charge in [0.1, 0.15) is 0 Å². The third-order valence-electron chi connectivity index (χ3n) is 2.87. The van der Waals surface area contributed by atoms with Gasteiger partial charge in [0.25, 0.3) is 0 Å². The van der Waals surface area contributed by atoms with Gasteiger partial charge in [-0.25, -0.2) is 9.97 Å². The van der Waals surface area contributed by atoms with Crippen LogP contribution in [-0.4, -0.2) is 15.0 Å². The topological polar surface area (TPSA) is 53.6 Å². The monoisotopic (exact) mass is 292 g/mol. The maximum absolute atomic E-state index is 6.04. The number of aryl methyl sites for hydroxylation is 1. The fraction of sp³-hybridized carbons (Fsp3) is 0.0769. The van der Waals surface area contributed by atoms with Gasteiger partial charge < -0.3 is 10.3 Å². The number of halogens is 2. The molecule has 1 aromatic carbocycles. The number of nitrogens with zero attached hydrogens (tertiary/aromatic N) is 2. The molecule has 0 unspecified atom stereocenters. The number of nitrogens with one attached hydrogen (secondary N) is 2. The van der Waals surface area contributed by atoms with Crippen LogP contribution < -0.4 is 5.32 Å². The zero-order valence-corrected chi connectivity index (χ0v) is 11.5. The molecule has 0 aliphatic rings. The smallest absolute Gasteiger partial charge is 0.223 e. The first kappa shape index (κ1) is 12.3. The Labute approximate surface area is 119 Å². The quantitative estimate of drug-likeness (QED) is 0.546. The summed E-state index contributed by atoms with van der Waals surface area (Å²) in [6, 6.07) is 8.03. The normalized spacial score (nSPS) is 10.9. The summed E-state index contributed by atoms with van der Waals surface area (Å²) in [6.45, 7) is 1.99. The predicted molar refractivity (Wildman–Crippen MR) is 78.4 cm³/mol. The van der Waals surface area contributed by atoms with Gasteiger partial charge in [-0.2, -0.15) is 0 Å². The fourth-order valence-electron chi connectivity index (χ4n) is 2.00. The molecule has 3 aromatic rings. The highest BCUT2D eigenvalue weighted by Crippen LogP contribution is 2.31. The average molecular weight is 293 g/mol. The second kappa shape index (κ2) is 4.72. The molecule has 96 valence electrons. The van der Waals surface area contributed by atoms with E-state index in [1.807, 2.05) is 31.2 Å². The molecule has 3 rings (SSSR count). The first-order valence-corrected chi connectivity index (χ1v) is 6.43. The van der Waals surface area contributed by atoms with Gasteiger partial charge in [-0.3, -0.25) is 0 Å². The standard InChI is InChI=1S/C13H10Cl2N4/c1-7-11(8-4-2-3-5-9(8)17-7)18-10-6-16-13(15)19-12(10)14/h2-6,17-18H,1H3. The Bertz CT molecular complexity index is 751. The Kier molecular flexibility index (Phi) is 3.05. The molecule has 0 saturated carbocycles. The molecule has 19 heavy (non-hydrogen) atoms. The lowest BCUT2D eigenvalue weighted by atomic mass is 10.2. The van der Waals surface area contributed by atoms with Crippen molar-refractivity contribution in [2.45, 2.75) is 6.92 Å². The van der Waals surface area contributed by atoms with Crippen LogP contribution in [0.1, 0.15) is 5.69 Å². The van der Waals surface area contributed by atoms with E-state index in [1.54, 1.807) is 6.20 Å². The number of hydrogen-bond acceptors (Lipinski definition) is 3. The van der Waals surface area contributed by atoms with Gasteiger partial charge in [-0.1, -0.05) is 29.8 Å². The van der Waals surface area contributed by atoms with Crippen molar-refractivity contribution in [1.82, 2.24) is 15.0 Å². The number of hydrogen-bond donors (Lipinski definition) is 2. The van der Waals surface area contributed by atoms with E-state index in [2.05, 4.69) is 20.3 Å². The van der Waals surface area contributed by atoms with Crippen LogP contribution in [0.25, 0.3) is 10.9 Å². The maximum atomic E-state index is 6.04. The Balaban J connectivity index is 2.08. The zero-order chi connectivity index (χ0) is 13.4. The third-order valence-corrected chi connectivity index (χ3v) is 3.34. The number of anilines is 2. The highest BCUT2D eigenvalue weighted by molar-refractivity contribution is 6.33. The molecule has 0 bridgehead atoms. The first-order chi connectivity index (χ1) is 9.15. The highest BCUT2D eigenvalue weighted by Gasteiger charge is 2.10. The van der Waals surface area contributed by atoms with Gasteiger partial charge in [-0.05, 0) is 24.6 Å². The average Bonchev–Trinajstić information content (AvgIpc) is 2.69. The molecular formula is C13H10Cl2N4. The van der Waals surface area contributed by atoms with E-state index in [-0.39, 0.29) is 5.28 Å². The molecule has 4 nitrogen and oxygen atoms in total. The van der Waals surface area contributed by atoms with Crippen LogP contribution in [0.5, 0.6) is 0 Å². The van der Waals surface area contributed by atoms with Crippen molar-refractivity contribution in [3.8, 4) is 0 Å². The summed E-state index contributed by atoms with van der Waals surface area (Å²) in [7, 11) is 0. The molecule has 2 aromatic heterocycles. The van der Waals surface area contributed by atoms with Crippen LogP contribution in [-0.2, 0) is 0 Å². The Morgan fingerprint density at radius 3 is 2.79 bits per heavy atom. The van der Waals surface area contributed by atoms with Gasteiger partial charge in [0.15, 0.2) is 5.15 Å². The lowest BCUT2D eigenvalue weighted by Crippen LogP contribution is -1.95. The second-order valence-electron chi connectivity index (χ2n) is 4.14. The molecule has 6 heteroatoms. The number of fused-ring (bicyclic) bond motifs is 1. The highest BCUT2D eigenvalue weighted by atomic mass is 35.5. The number of aromatic amines is 1. The van der Waals surface area contributed by atoms with Crippen molar-refractivity contribution in [3.05, 3.63) is 46.6 Å². The largest absolute Gasteiger partial charge is 0.357 e. The fourth-order valence-corrected chi connectivity index (χ4v) is 2.35. The molecule has 2 N–H and O–H groups in total. The maximum Gasteiger partial charge on any atom is 0.223 e. The number of aromatic nitrogens is 3. The summed E-state index contributed by atoms with van der Waals surface area (Å²) < 4.78 is 0. The summed E-state index contributed by atoms with van der Waals surface area (Å²) in [5.41, 5.74) is 3.67. The van der Waals surface area contributed by atoms with Crippen LogP contribution in [0.4, 0.5) is 11.4 Å². The van der Waals surface area contributed by atoms with Crippen molar-refractivity contribution in [3.63, 3.8) is 0 Å². The summed E-state index contributed by atoms with van der Waals surface area (Å²) >= 11 is 11.7. The first-order valence-electron chi connectivity index (χ1n) is 5.67. The molecule has 0 spiro atoms. The molecule has 0 atom stereocenters. The minimum absolute atomic E-state index is 0.131. The van der Waals surface area contributed by atoms with E-state index in [9.17, 15) is 0 Å². The predicted octanol–water partition coefficient (Wildman–Crippen LogP) is 4.32. The van der Waals surface area contributed by atoms with Crippen LogP contribution >= 0.6 is 23.2 Å². The number of H-pyrrole nitrogens is 1. The lowest BCUT2D eigenvalue weighted by molar-refractivity contribution is 1.17. The molecule has 0 fully saturated rings. The van der Waals surface area contributed by atoms with E-state index in [0.29, 0.717) is 10.8 Å². The molecule has 0 saturated heterocycles. The van der Waals surface area contributed by atoms with Gasteiger partial charge in [0.05, 0.1) is 17.6 Å². The third kappa shape index (κ3) is 2.25. The molecule has 0 aliphatic heterocycles. The number of benzene rings is 1. The SMILES string of the molecule is Cc1[nH]c2ccccc2c1Nc1cnc(Cl)nc1Cl. The minimum Gasteiger partial charge on any atom is -0.357 e.